The number of nitrogens with one attached hydrogen (secondary N) is 2. The molecule has 2 heterocycles. The summed E-state index contributed by atoms with van der Waals surface area (Å²) in [6.07, 6.45) is 15.0. The lowest BCUT2D eigenvalue weighted by Gasteiger charge is -2.39. The van der Waals surface area contributed by atoms with Crippen LogP contribution in [-0.2, 0) is 12.8 Å². The molecule has 6 rings (SSSR count). The van der Waals surface area contributed by atoms with Gasteiger partial charge in [-0.2, -0.15) is 4.98 Å². The number of methoxy groups -OCH3 is 1. The molecule has 1 spiro atoms. The number of ether oxygens (including phenoxy) is 2. The molecule has 0 unspecified atom stereocenters. The van der Waals surface area contributed by atoms with Gasteiger partial charge >= 0.3 is 0 Å². The molecule has 2 N–H and O–H groups in total. The van der Waals surface area contributed by atoms with Crippen molar-refractivity contribution >= 4 is 23.1 Å². The first-order valence-corrected chi connectivity index (χ1v) is 13.8. The van der Waals surface area contributed by atoms with E-state index in [2.05, 4.69) is 45.7 Å². The largest absolute Gasteiger partial charge is 0.493 e. The third-order valence-corrected chi connectivity index (χ3v) is 8.63. The molecule has 8 nitrogen and oxygen atoms in total. The van der Waals surface area contributed by atoms with Crippen LogP contribution in [0.4, 0.5) is 23.1 Å². The summed E-state index contributed by atoms with van der Waals surface area (Å²) in [5, 5.41) is 6.71. The summed E-state index contributed by atoms with van der Waals surface area (Å²) < 4.78 is 11.8. The van der Waals surface area contributed by atoms with Crippen molar-refractivity contribution in [2.45, 2.75) is 69.9 Å². The van der Waals surface area contributed by atoms with E-state index in [1.54, 1.807) is 13.3 Å². The van der Waals surface area contributed by atoms with Gasteiger partial charge in [0.15, 0.2) is 11.5 Å². The summed E-state index contributed by atoms with van der Waals surface area (Å²) in [6, 6.07) is 10.5. The molecule has 0 radical (unpaired) electrons. The van der Waals surface area contributed by atoms with Crippen molar-refractivity contribution in [3.63, 3.8) is 0 Å². The van der Waals surface area contributed by atoms with Gasteiger partial charge in [-0.25, -0.2) is 4.98 Å². The summed E-state index contributed by atoms with van der Waals surface area (Å²) in [7, 11) is 5.89. The number of rotatable bonds is 8. The zero-order valence-corrected chi connectivity index (χ0v) is 22.7. The standard InChI is InChI=1S/C30H38N6O2.2H2/c1-36(2)23-16-24(17-23)38-26-7-6-21(15-27(26)37-3)34-29-31-13-9-28(35-29)33-22-14-20-8-12-30(10-4-5-11-30)18-25(20)32-19-22;;/h6-7,9,13-15,19,23-24H,4-5,8,10-12,16-18H2,1-3H3,(H2,31,33,34,35);2*1H. The monoisotopic (exact) mass is 518 g/mol. The average Bonchev–Trinajstić information content (AvgIpc) is 3.34. The third kappa shape index (κ3) is 5.27. The first-order chi connectivity index (χ1) is 18.5. The fourth-order valence-electron chi connectivity index (χ4n) is 6.22. The summed E-state index contributed by atoms with van der Waals surface area (Å²) in [5.74, 6) is 2.68. The predicted octanol–water partition coefficient (Wildman–Crippen LogP) is 6.38. The van der Waals surface area contributed by atoms with Crippen molar-refractivity contribution in [2.75, 3.05) is 31.8 Å². The second kappa shape index (κ2) is 10.4. The minimum absolute atomic E-state index is 0. The molecule has 3 aromatic rings. The van der Waals surface area contributed by atoms with Crippen molar-refractivity contribution in [1.29, 1.82) is 0 Å². The van der Waals surface area contributed by atoms with Gasteiger partial charge in [0, 0.05) is 32.5 Å². The molecular weight excluding hydrogens is 476 g/mol. The smallest absolute Gasteiger partial charge is 0.229 e. The lowest BCUT2D eigenvalue weighted by Crippen LogP contribution is -2.46. The van der Waals surface area contributed by atoms with Gasteiger partial charge in [-0.3, -0.25) is 4.98 Å². The van der Waals surface area contributed by atoms with Crippen molar-refractivity contribution in [3.8, 4) is 11.5 Å². The van der Waals surface area contributed by atoms with Crippen LogP contribution in [0.3, 0.4) is 0 Å². The van der Waals surface area contributed by atoms with Gasteiger partial charge in [0.25, 0.3) is 0 Å². The van der Waals surface area contributed by atoms with Crippen molar-refractivity contribution < 1.29 is 12.3 Å². The van der Waals surface area contributed by atoms with Gasteiger partial charge in [0.1, 0.15) is 11.9 Å². The van der Waals surface area contributed by atoms with Crippen LogP contribution in [0.15, 0.2) is 42.7 Å². The van der Waals surface area contributed by atoms with Gasteiger partial charge in [0.05, 0.1) is 19.0 Å². The Morgan fingerprint density at radius 1 is 0.974 bits per heavy atom. The molecule has 0 atom stereocenters. The minimum atomic E-state index is 0. The Balaban J connectivity index is 0.00000185. The molecule has 1 aromatic carbocycles. The van der Waals surface area contributed by atoms with E-state index in [4.69, 9.17) is 14.5 Å². The SMILES string of the molecule is COc1cc(Nc2nccc(Nc3cnc4c(c3)CCC3(CCCC3)C4)n2)ccc1OC1CC(N(C)C)C1.[HH].[HH]. The highest BCUT2D eigenvalue weighted by Gasteiger charge is 2.37. The number of nitrogens with zero attached hydrogens (tertiary/aromatic N) is 4. The summed E-state index contributed by atoms with van der Waals surface area (Å²) >= 11 is 0. The highest BCUT2D eigenvalue weighted by molar-refractivity contribution is 5.62. The van der Waals surface area contributed by atoms with Crippen LogP contribution >= 0.6 is 0 Å². The number of aryl methyl sites for hydroxylation is 1. The van der Waals surface area contributed by atoms with Gasteiger partial charge in [-0.1, -0.05) is 12.8 Å². The van der Waals surface area contributed by atoms with Gasteiger partial charge in [-0.15, -0.1) is 0 Å². The van der Waals surface area contributed by atoms with E-state index in [1.165, 1.54) is 43.4 Å². The third-order valence-electron chi connectivity index (χ3n) is 8.63. The van der Waals surface area contributed by atoms with Crippen LogP contribution in [0.5, 0.6) is 11.5 Å². The summed E-state index contributed by atoms with van der Waals surface area (Å²) in [4.78, 5) is 16.2. The molecule has 2 fully saturated rings. The number of hydrogen-bond donors (Lipinski definition) is 2. The molecule has 2 aromatic heterocycles. The zero-order chi connectivity index (χ0) is 26.1. The molecule has 0 aliphatic heterocycles. The van der Waals surface area contributed by atoms with Crippen LogP contribution in [0.2, 0.25) is 0 Å². The van der Waals surface area contributed by atoms with Gasteiger partial charge < -0.3 is 25.0 Å². The normalized spacial score (nSPS) is 21.6. The van der Waals surface area contributed by atoms with Crippen LogP contribution in [0.1, 0.15) is 59.1 Å². The van der Waals surface area contributed by atoms with E-state index in [0.717, 1.165) is 48.6 Å². The highest BCUT2D eigenvalue weighted by atomic mass is 16.5. The maximum Gasteiger partial charge on any atom is 0.229 e. The second-order valence-corrected chi connectivity index (χ2v) is 11.4. The molecule has 3 aliphatic rings. The quantitative estimate of drug-likeness (QED) is 0.355. The van der Waals surface area contributed by atoms with Crippen LogP contribution in [-0.4, -0.2) is 53.2 Å². The fraction of sp³-hybridized carbons (Fsp3) is 0.500. The van der Waals surface area contributed by atoms with E-state index >= 15 is 0 Å². The van der Waals surface area contributed by atoms with Gasteiger partial charge in [0.2, 0.25) is 5.95 Å². The molecule has 3 aliphatic carbocycles. The Hall–Kier alpha value is -3.39. The number of fused-ring (bicyclic) bond motifs is 1. The Morgan fingerprint density at radius 3 is 2.61 bits per heavy atom. The molecule has 0 saturated heterocycles. The summed E-state index contributed by atoms with van der Waals surface area (Å²) in [6.45, 7) is 0. The maximum absolute atomic E-state index is 6.18. The molecule has 38 heavy (non-hydrogen) atoms. The Morgan fingerprint density at radius 2 is 1.82 bits per heavy atom. The maximum atomic E-state index is 6.18. The zero-order valence-electron chi connectivity index (χ0n) is 22.7. The van der Waals surface area contributed by atoms with Crippen molar-refractivity contribution in [2.24, 2.45) is 5.41 Å². The average molecular weight is 519 g/mol. The topological polar surface area (TPSA) is 84.4 Å². The minimum Gasteiger partial charge on any atom is -0.493 e. The molecule has 8 heteroatoms. The lowest BCUT2D eigenvalue weighted by molar-refractivity contribution is 0.0383. The van der Waals surface area contributed by atoms with Crippen LogP contribution in [0, 0.1) is 5.41 Å². The second-order valence-electron chi connectivity index (χ2n) is 11.4. The highest BCUT2D eigenvalue weighted by Crippen LogP contribution is 2.47. The number of aromatic nitrogens is 3. The van der Waals surface area contributed by atoms with Gasteiger partial charge in [-0.05, 0) is 94.3 Å². The lowest BCUT2D eigenvalue weighted by atomic mass is 9.72. The molecule has 0 bridgehead atoms. The number of benzene rings is 1. The molecule has 2 saturated carbocycles. The Kier molecular flexibility index (Phi) is 6.82. The number of pyridine rings is 1. The van der Waals surface area contributed by atoms with Crippen molar-refractivity contribution in [3.05, 3.63) is 54.0 Å². The Bertz CT molecular complexity index is 1290. The van der Waals surface area contributed by atoms with E-state index in [0.29, 0.717) is 23.2 Å². The number of anilines is 4. The fourth-order valence-corrected chi connectivity index (χ4v) is 6.22. The molecule has 204 valence electrons. The predicted molar refractivity (Wildman–Crippen MR) is 154 cm³/mol. The van der Waals surface area contributed by atoms with E-state index < -0.39 is 0 Å². The van der Waals surface area contributed by atoms with E-state index in [9.17, 15) is 0 Å². The van der Waals surface area contributed by atoms with E-state index in [-0.39, 0.29) is 8.96 Å². The number of hydrogen-bond acceptors (Lipinski definition) is 8. The Labute approximate surface area is 228 Å². The van der Waals surface area contributed by atoms with Crippen LogP contribution < -0.4 is 20.1 Å². The van der Waals surface area contributed by atoms with Crippen molar-refractivity contribution in [1.82, 2.24) is 19.9 Å². The first kappa shape index (κ1) is 24.9. The molecular formula is C30H42N6O2. The summed E-state index contributed by atoms with van der Waals surface area (Å²) in [5.41, 5.74) is 4.97. The molecule has 0 amide bonds. The van der Waals surface area contributed by atoms with E-state index in [1.807, 2.05) is 30.5 Å². The van der Waals surface area contributed by atoms with Crippen LogP contribution in [0.25, 0.3) is 0 Å². The first-order valence-electron chi connectivity index (χ1n) is 13.8.